The van der Waals surface area contributed by atoms with Gasteiger partial charge in [-0.2, -0.15) is 18.3 Å². The van der Waals surface area contributed by atoms with Gasteiger partial charge in [0.2, 0.25) is 11.1 Å². The van der Waals surface area contributed by atoms with Gasteiger partial charge < -0.3 is 10.1 Å². The van der Waals surface area contributed by atoms with E-state index < -0.39 is 47.0 Å². The minimum atomic E-state index is -4.67. The Bertz CT molecular complexity index is 1170. The van der Waals surface area contributed by atoms with Crippen molar-refractivity contribution in [2.45, 2.75) is 13.1 Å². The van der Waals surface area contributed by atoms with E-state index in [0.29, 0.717) is 11.4 Å². The summed E-state index contributed by atoms with van der Waals surface area (Å²) in [4.78, 5) is 36.4. The van der Waals surface area contributed by atoms with Crippen LogP contribution in [0, 0.1) is 6.92 Å². The van der Waals surface area contributed by atoms with Crippen LogP contribution in [-0.4, -0.2) is 28.3 Å². The zero-order chi connectivity index (χ0) is 22.6. The summed E-state index contributed by atoms with van der Waals surface area (Å²) in [5, 5.41) is 6.04. The molecule has 0 radical (unpaired) electrons. The van der Waals surface area contributed by atoms with E-state index in [-0.39, 0.29) is 0 Å². The van der Waals surface area contributed by atoms with Gasteiger partial charge in [0.1, 0.15) is 0 Å². The van der Waals surface area contributed by atoms with Crippen LogP contribution < -0.4 is 10.7 Å². The van der Waals surface area contributed by atoms with Gasteiger partial charge in [-0.3, -0.25) is 9.59 Å². The molecule has 0 saturated carbocycles. The molecule has 0 aliphatic carbocycles. The first-order valence-electron chi connectivity index (χ1n) is 8.96. The van der Waals surface area contributed by atoms with Gasteiger partial charge in [-0.1, -0.05) is 30.3 Å². The fraction of sp³-hybridized carbons (Fsp3) is 0.143. The van der Waals surface area contributed by atoms with Crippen LogP contribution in [0.25, 0.3) is 5.69 Å². The smallest absolute Gasteiger partial charge is 0.418 e. The van der Waals surface area contributed by atoms with E-state index in [0.717, 1.165) is 12.1 Å². The summed E-state index contributed by atoms with van der Waals surface area (Å²) in [5.74, 6) is -2.17. The largest absolute Gasteiger partial charge is 0.451 e. The van der Waals surface area contributed by atoms with Crippen LogP contribution in [0.2, 0.25) is 0 Å². The van der Waals surface area contributed by atoms with Gasteiger partial charge in [-0.05, 0) is 31.2 Å². The van der Waals surface area contributed by atoms with Crippen LogP contribution in [0.5, 0.6) is 0 Å². The number of carbonyl (C=O) groups excluding carboxylic acids is 2. The fourth-order valence-corrected chi connectivity index (χ4v) is 2.74. The number of benzene rings is 2. The Morgan fingerprint density at radius 1 is 1.06 bits per heavy atom. The molecule has 10 heteroatoms. The number of halogens is 3. The Labute approximate surface area is 174 Å². The lowest BCUT2D eigenvalue weighted by molar-refractivity contribution is -0.137. The number of carbonyl (C=O) groups is 2. The molecule has 1 aromatic heterocycles. The molecule has 0 spiro atoms. The van der Waals surface area contributed by atoms with Gasteiger partial charge in [-0.15, -0.1) is 0 Å². The number of nitrogens with one attached hydrogen (secondary N) is 1. The highest BCUT2D eigenvalue weighted by Crippen LogP contribution is 2.34. The second-order valence-electron chi connectivity index (χ2n) is 6.41. The summed E-state index contributed by atoms with van der Waals surface area (Å²) < 4.78 is 45.2. The van der Waals surface area contributed by atoms with Crippen molar-refractivity contribution in [1.29, 1.82) is 0 Å². The van der Waals surface area contributed by atoms with Crippen molar-refractivity contribution >= 4 is 17.6 Å². The van der Waals surface area contributed by atoms with Gasteiger partial charge in [0, 0.05) is 11.8 Å². The fourth-order valence-electron chi connectivity index (χ4n) is 2.74. The number of ether oxygens (including phenoxy) is 1. The van der Waals surface area contributed by atoms with Gasteiger partial charge in [-0.25, -0.2) is 9.48 Å². The Morgan fingerprint density at radius 2 is 1.71 bits per heavy atom. The summed E-state index contributed by atoms with van der Waals surface area (Å²) in [6, 6.07) is 14.3. The number of rotatable bonds is 5. The Hall–Kier alpha value is -3.95. The van der Waals surface area contributed by atoms with Gasteiger partial charge >= 0.3 is 12.1 Å². The number of hydrogen-bond donors (Lipinski definition) is 1. The van der Waals surface area contributed by atoms with Crippen molar-refractivity contribution in [3.63, 3.8) is 0 Å². The number of hydrogen-bond acceptors (Lipinski definition) is 5. The average molecular weight is 431 g/mol. The van der Waals surface area contributed by atoms with Crippen LogP contribution >= 0.6 is 0 Å². The van der Waals surface area contributed by atoms with Gasteiger partial charge in [0.05, 0.1) is 16.9 Å². The van der Waals surface area contributed by atoms with Crippen molar-refractivity contribution in [2.24, 2.45) is 0 Å². The highest BCUT2D eigenvalue weighted by atomic mass is 19.4. The first kappa shape index (κ1) is 21.8. The maximum atomic E-state index is 13.0. The molecule has 7 nitrogen and oxygen atoms in total. The molecule has 1 amide bonds. The van der Waals surface area contributed by atoms with Crippen LogP contribution in [-0.2, 0) is 15.7 Å². The molecule has 0 saturated heterocycles. The quantitative estimate of drug-likeness (QED) is 0.626. The molecule has 31 heavy (non-hydrogen) atoms. The van der Waals surface area contributed by atoms with Crippen LogP contribution in [0.15, 0.2) is 65.5 Å². The minimum Gasteiger partial charge on any atom is -0.451 e. The molecule has 3 rings (SSSR count). The number of nitrogens with zero attached hydrogens (tertiary/aromatic N) is 2. The second-order valence-corrected chi connectivity index (χ2v) is 6.41. The number of aryl methyl sites for hydroxylation is 1. The number of para-hydroxylation sites is 2. The molecular formula is C21H16F3N3O4. The summed E-state index contributed by atoms with van der Waals surface area (Å²) in [6.45, 7) is 0.730. The van der Waals surface area contributed by atoms with Crippen molar-refractivity contribution in [3.8, 4) is 5.69 Å². The Kier molecular flexibility index (Phi) is 6.19. The first-order valence-corrected chi connectivity index (χ1v) is 8.96. The summed E-state index contributed by atoms with van der Waals surface area (Å²) >= 11 is 0. The van der Waals surface area contributed by atoms with Gasteiger partial charge in [0.15, 0.2) is 6.61 Å². The normalized spacial score (nSPS) is 11.1. The number of alkyl halides is 3. The lowest BCUT2D eigenvalue weighted by atomic mass is 10.1. The topological polar surface area (TPSA) is 90.3 Å². The van der Waals surface area contributed by atoms with E-state index in [4.69, 9.17) is 4.74 Å². The second kappa shape index (κ2) is 8.82. The third kappa shape index (κ3) is 5.16. The summed E-state index contributed by atoms with van der Waals surface area (Å²) in [6.07, 6.45) is -4.67. The molecule has 0 aliphatic rings. The molecule has 160 valence electrons. The number of esters is 1. The lowest BCUT2D eigenvalue weighted by Gasteiger charge is -2.13. The maximum absolute atomic E-state index is 13.0. The first-order chi connectivity index (χ1) is 14.7. The molecule has 3 aromatic rings. The molecule has 1 N–H and O–H groups in total. The van der Waals surface area contributed by atoms with Crippen molar-refractivity contribution in [1.82, 2.24) is 9.78 Å². The van der Waals surface area contributed by atoms with E-state index >= 15 is 0 Å². The molecule has 0 bridgehead atoms. The number of anilines is 1. The molecule has 0 fully saturated rings. The average Bonchev–Trinajstić information content (AvgIpc) is 2.72. The van der Waals surface area contributed by atoms with Crippen molar-refractivity contribution < 1.29 is 27.5 Å². The van der Waals surface area contributed by atoms with Crippen molar-refractivity contribution in [3.05, 3.63) is 87.8 Å². The van der Waals surface area contributed by atoms with E-state index in [1.165, 1.54) is 22.9 Å². The molecule has 0 atom stereocenters. The van der Waals surface area contributed by atoms with E-state index in [2.05, 4.69) is 5.10 Å². The van der Waals surface area contributed by atoms with Gasteiger partial charge in [0.25, 0.3) is 5.91 Å². The predicted molar refractivity (Wildman–Crippen MR) is 105 cm³/mol. The number of amides is 1. The lowest BCUT2D eigenvalue weighted by Crippen LogP contribution is -2.27. The third-order valence-electron chi connectivity index (χ3n) is 4.14. The molecule has 1 heterocycles. The molecule has 0 unspecified atom stereocenters. The standard InChI is InChI=1S/C21H16F3N3O4/c1-13-11-17(28)19(26-27(13)14-7-3-2-4-8-14)20(30)31-12-18(29)25-16-10-6-5-9-15(16)21(22,23)24/h2-11H,12H2,1H3,(H,25,29). The highest BCUT2D eigenvalue weighted by molar-refractivity contribution is 5.95. The summed E-state index contributed by atoms with van der Waals surface area (Å²) in [7, 11) is 0. The van der Waals surface area contributed by atoms with Crippen LogP contribution in [0.3, 0.4) is 0 Å². The van der Waals surface area contributed by atoms with Crippen LogP contribution in [0.1, 0.15) is 21.7 Å². The van der Waals surface area contributed by atoms with E-state index in [1.807, 2.05) is 5.32 Å². The third-order valence-corrected chi connectivity index (χ3v) is 4.14. The summed E-state index contributed by atoms with van der Waals surface area (Å²) in [5.41, 5.74) is -1.73. The maximum Gasteiger partial charge on any atom is 0.418 e. The minimum absolute atomic E-state index is 0.467. The van der Waals surface area contributed by atoms with E-state index in [1.54, 1.807) is 37.3 Å². The highest BCUT2D eigenvalue weighted by Gasteiger charge is 2.33. The van der Waals surface area contributed by atoms with Crippen molar-refractivity contribution in [2.75, 3.05) is 11.9 Å². The zero-order valence-electron chi connectivity index (χ0n) is 16.1. The van der Waals surface area contributed by atoms with E-state index in [9.17, 15) is 27.6 Å². The molecule has 0 aliphatic heterocycles. The monoisotopic (exact) mass is 431 g/mol. The SMILES string of the molecule is Cc1cc(=O)c(C(=O)OCC(=O)Nc2ccccc2C(F)(F)F)nn1-c1ccccc1. The Morgan fingerprint density at radius 3 is 2.39 bits per heavy atom. The molecule has 2 aromatic carbocycles. The zero-order valence-corrected chi connectivity index (χ0v) is 16.1. The predicted octanol–water partition coefficient (Wildman–Crippen LogP) is 3.36. The number of aromatic nitrogens is 2. The molecular weight excluding hydrogens is 415 g/mol. The Balaban J connectivity index is 1.73. The van der Waals surface area contributed by atoms with Crippen LogP contribution in [0.4, 0.5) is 18.9 Å².